The minimum absolute atomic E-state index is 0.245. The molecule has 0 aromatic rings. The monoisotopic (exact) mass is 214 g/mol. The summed E-state index contributed by atoms with van der Waals surface area (Å²) in [6.07, 6.45) is 6.57. The van der Waals surface area contributed by atoms with Crippen LogP contribution in [-0.4, -0.2) is 29.3 Å². The summed E-state index contributed by atoms with van der Waals surface area (Å²) in [5, 5.41) is 17.3. The number of rotatable bonds is 6. The fraction of sp³-hybridized carbons (Fsp3) is 1.00. The summed E-state index contributed by atoms with van der Waals surface area (Å²) in [4.78, 5) is 0. The highest BCUT2D eigenvalue weighted by Crippen LogP contribution is 2.28. The molecule has 4 nitrogen and oxygen atoms in total. The first-order valence-corrected chi connectivity index (χ1v) is 5.97. The quantitative estimate of drug-likeness (QED) is 0.372. The van der Waals surface area contributed by atoms with Gasteiger partial charge in [-0.1, -0.05) is 12.8 Å². The van der Waals surface area contributed by atoms with Gasteiger partial charge in [-0.3, -0.25) is 0 Å². The fourth-order valence-electron chi connectivity index (χ4n) is 2.38. The first-order valence-electron chi connectivity index (χ1n) is 5.97. The van der Waals surface area contributed by atoms with Gasteiger partial charge >= 0.3 is 7.12 Å². The molecule has 1 unspecified atom stereocenters. The van der Waals surface area contributed by atoms with Crippen molar-refractivity contribution in [2.45, 2.75) is 56.9 Å². The third-order valence-electron chi connectivity index (χ3n) is 3.37. The highest BCUT2D eigenvalue weighted by Gasteiger charge is 2.26. The molecular formula is C10H23BN2O2. The first kappa shape index (κ1) is 13.0. The third-order valence-corrected chi connectivity index (χ3v) is 3.37. The van der Waals surface area contributed by atoms with Crippen LogP contribution in [0.3, 0.4) is 0 Å². The van der Waals surface area contributed by atoms with Gasteiger partial charge in [-0.05, 0) is 37.9 Å². The minimum Gasteiger partial charge on any atom is -0.427 e. The van der Waals surface area contributed by atoms with Crippen molar-refractivity contribution in [3.8, 4) is 0 Å². The van der Waals surface area contributed by atoms with Crippen molar-refractivity contribution in [3.63, 3.8) is 0 Å². The van der Waals surface area contributed by atoms with Crippen LogP contribution >= 0.6 is 0 Å². The van der Waals surface area contributed by atoms with Gasteiger partial charge in [0.2, 0.25) is 0 Å². The zero-order valence-electron chi connectivity index (χ0n) is 9.31. The topological polar surface area (TPSA) is 92.5 Å². The average Bonchev–Trinajstić information content (AvgIpc) is 2.59. The van der Waals surface area contributed by atoms with E-state index in [4.69, 9.17) is 21.5 Å². The van der Waals surface area contributed by atoms with Crippen molar-refractivity contribution in [2.75, 3.05) is 0 Å². The standard InChI is InChI=1S/C10H23BN2O2/c12-9-5-4-8(7-9)10(13)3-1-2-6-11(14)15/h8-10,14-15H,1-7,12-13H2/t8-,9+,10?/m1/s1. The summed E-state index contributed by atoms with van der Waals surface area (Å²) in [6, 6.07) is 0.592. The zero-order valence-corrected chi connectivity index (χ0v) is 9.31. The van der Waals surface area contributed by atoms with E-state index in [2.05, 4.69) is 0 Å². The molecule has 0 radical (unpaired) electrons. The predicted molar refractivity (Wildman–Crippen MR) is 62.1 cm³/mol. The van der Waals surface area contributed by atoms with E-state index in [-0.39, 0.29) is 6.04 Å². The molecule has 1 fully saturated rings. The van der Waals surface area contributed by atoms with E-state index in [0.29, 0.717) is 18.3 Å². The van der Waals surface area contributed by atoms with Gasteiger partial charge in [0.15, 0.2) is 0 Å². The van der Waals surface area contributed by atoms with E-state index in [1.165, 1.54) is 0 Å². The molecule has 0 saturated heterocycles. The van der Waals surface area contributed by atoms with E-state index >= 15 is 0 Å². The summed E-state index contributed by atoms with van der Waals surface area (Å²) in [5.41, 5.74) is 11.9. The van der Waals surface area contributed by atoms with E-state index in [0.717, 1.165) is 38.5 Å². The summed E-state index contributed by atoms with van der Waals surface area (Å²) in [6.45, 7) is 0. The molecule has 88 valence electrons. The Balaban J connectivity index is 2.05. The van der Waals surface area contributed by atoms with Crippen LogP contribution < -0.4 is 11.5 Å². The van der Waals surface area contributed by atoms with Crippen molar-refractivity contribution in [1.29, 1.82) is 0 Å². The van der Waals surface area contributed by atoms with Crippen LogP contribution in [0.2, 0.25) is 6.32 Å². The molecule has 0 aliphatic heterocycles. The number of hydrogen-bond acceptors (Lipinski definition) is 4. The predicted octanol–water partition coefficient (Wildman–Crippen LogP) is 0.0842. The molecule has 3 atom stereocenters. The maximum atomic E-state index is 8.67. The van der Waals surface area contributed by atoms with E-state index in [9.17, 15) is 0 Å². The van der Waals surface area contributed by atoms with E-state index in [1.54, 1.807) is 0 Å². The van der Waals surface area contributed by atoms with Crippen molar-refractivity contribution in [1.82, 2.24) is 0 Å². The molecule has 6 N–H and O–H groups in total. The van der Waals surface area contributed by atoms with E-state index in [1.807, 2.05) is 0 Å². The Morgan fingerprint density at radius 1 is 1.27 bits per heavy atom. The summed E-state index contributed by atoms with van der Waals surface area (Å²) < 4.78 is 0. The van der Waals surface area contributed by atoms with E-state index < -0.39 is 7.12 Å². The molecule has 1 rings (SSSR count). The second-order valence-electron chi connectivity index (χ2n) is 4.76. The Morgan fingerprint density at radius 3 is 2.53 bits per heavy atom. The molecule has 0 aromatic carbocycles. The van der Waals surface area contributed by atoms with Crippen molar-refractivity contribution in [2.24, 2.45) is 17.4 Å². The third kappa shape index (κ3) is 4.97. The Kier molecular flexibility index (Phi) is 5.60. The van der Waals surface area contributed by atoms with Crippen LogP contribution in [0.4, 0.5) is 0 Å². The number of nitrogens with two attached hydrogens (primary N) is 2. The zero-order chi connectivity index (χ0) is 11.3. The average molecular weight is 214 g/mol. The van der Waals surface area contributed by atoms with Gasteiger partial charge < -0.3 is 21.5 Å². The lowest BCUT2D eigenvalue weighted by molar-refractivity contribution is 0.383. The molecule has 15 heavy (non-hydrogen) atoms. The first-order chi connectivity index (χ1) is 7.09. The second-order valence-corrected chi connectivity index (χ2v) is 4.76. The molecule has 1 aliphatic rings. The Hall–Kier alpha value is -0.0951. The Labute approximate surface area is 92.2 Å². The van der Waals surface area contributed by atoms with Crippen molar-refractivity contribution < 1.29 is 10.0 Å². The molecule has 0 spiro atoms. The van der Waals surface area contributed by atoms with Gasteiger partial charge in [-0.25, -0.2) is 0 Å². The highest BCUT2D eigenvalue weighted by molar-refractivity contribution is 6.40. The molecule has 0 heterocycles. The van der Waals surface area contributed by atoms with Crippen LogP contribution in [0.15, 0.2) is 0 Å². The normalized spacial score (nSPS) is 28.0. The lowest BCUT2D eigenvalue weighted by atomic mass is 9.82. The van der Waals surface area contributed by atoms with Gasteiger partial charge in [-0.15, -0.1) is 0 Å². The minimum atomic E-state index is -1.17. The molecule has 5 heteroatoms. The maximum Gasteiger partial charge on any atom is 0.451 e. The maximum absolute atomic E-state index is 8.67. The molecule has 1 aliphatic carbocycles. The molecule has 0 amide bonds. The molecule has 0 bridgehead atoms. The van der Waals surface area contributed by atoms with Gasteiger partial charge in [0.05, 0.1) is 0 Å². The van der Waals surface area contributed by atoms with Crippen molar-refractivity contribution >= 4 is 7.12 Å². The smallest absolute Gasteiger partial charge is 0.427 e. The summed E-state index contributed by atoms with van der Waals surface area (Å²) >= 11 is 0. The highest BCUT2D eigenvalue weighted by atomic mass is 16.4. The van der Waals surface area contributed by atoms with Crippen molar-refractivity contribution in [3.05, 3.63) is 0 Å². The summed E-state index contributed by atoms with van der Waals surface area (Å²) in [5.74, 6) is 0.582. The van der Waals surface area contributed by atoms with Crippen LogP contribution in [0.5, 0.6) is 0 Å². The SMILES string of the molecule is NC(CCCCB(O)O)[C@@H]1CC[C@H](N)C1. The summed E-state index contributed by atoms with van der Waals surface area (Å²) in [7, 11) is -1.17. The van der Waals surface area contributed by atoms with Gasteiger partial charge in [0.25, 0.3) is 0 Å². The van der Waals surface area contributed by atoms with Crippen LogP contribution in [0.25, 0.3) is 0 Å². The second kappa shape index (κ2) is 6.48. The fourth-order valence-corrected chi connectivity index (χ4v) is 2.38. The molecule has 0 aromatic heterocycles. The molecular weight excluding hydrogens is 191 g/mol. The lowest BCUT2D eigenvalue weighted by Crippen LogP contribution is -2.29. The van der Waals surface area contributed by atoms with Crippen LogP contribution in [-0.2, 0) is 0 Å². The Bertz CT molecular complexity index is 181. The number of hydrogen-bond donors (Lipinski definition) is 4. The number of unbranched alkanes of at least 4 members (excludes halogenated alkanes) is 1. The van der Waals surface area contributed by atoms with Crippen LogP contribution in [0.1, 0.15) is 38.5 Å². The van der Waals surface area contributed by atoms with Gasteiger partial charge in [-0.2, -0.15) is 0 Å². The lowest BCUT2D eigenvalue weighted by Gasteiger charge is -2.18. The van der Waals surface area contributed by atoms with Crippen LogP contribution in [0, 0.1) is 5.92 Å². The van der Waals surface area contributed by atoms with Gasteiger partial charge in [0.1, 0.15) is 0 Å². The Morgan fingerprint density at radius 2 is 2.00 bits per heavy atom. The largest absolute Gasteiger partial charge is 0.451 e. The van der Waals surface area contributed by atoms with Gasteiger partial charge in [0, 0.05) is 12.1 Å². The molecule has 1 saturated carbocycles.